The van der Waals surface area contributed by atoms with E-state index in [9.17, 15) is 4.79 Å². The van der Waals surface area contributed by atoms with Crippen LogP contribution in [-0.2, 0) is 4.79 Å². The van der Waals surface area contributed by atoms with Gasteiger partial charge in [0.25, 0.3) is 0 Å². The van der Waals surface area contributed by atoms with E-state index in [-0.39, 0.29) is 5.91 Å². The van der Waals surface area contributed by atoms with E-state index in [0.29, 0.717) is 17.5 Å². The maximum Gasteiger partial charge on any atom is 0.221 e. The van der Waals surface area contributed by atoms with Crippen molar-refractivity contribution >= 4 is 34.6 Å². The van der Waals surface area contributed by atoms with Gasteiger partial charge in [0, 0.05) is 30.1 Å². The van der Waals surface area contributed by atoms with Crippen LogP contribution in [0.25, 0.3) is 0 Å². The quantitative estimate of drug-likeness (QED) is 0.631. The molecule has 0 radical (unpaired) electrons. The van der Waals surface area contributed by atoms with Crippen molar-refractivity contribution in [3.63, 3.8) is 0 Å². The van der Waals surface area contributed by atoms with Crippen molar-refractivity contribution in [2.45, 2.75) is 20.8 Å². The van der Waals surface area contributed by atoms with Gasteiger partial charge in [-0.15, -0.1) is 0 Å². The summed E-state index contributed by atoms with van der Waals surface area (Å²) in [6.07, 6.45) is 0. The van der Waals surface area contributed by atoms with Crippen LogP contribution in [0.15, 0.2) is 54.6 Å². The molecule has 0 spiro atoms. The van der Waals surface area contributed by atoms with E-state index < -0.39 is 0 Å². The first-order valence-corrected chi connectivity index (χ1v) is 8.32. The second kappa shape index (κ2) is 7.65. The van der Waals surface area contributed by atoms with E-state index in [1.807, 2.05) is 61.5 Å². The van der Waals surface area contributed by atoms with Crippen molar-refractivity contribution in [3.8, 4) is 0 Å². The van der Waals surface area contributed by atoms with E-state index in [1.54, 1.807) is 0 Å². The van der Waals surface area contributed by atoms with E-state index >= 15 is 0 Å². The van der Waals surface area contributed by atoms with Crippen molar-refractivity contribution in [1.82, 2.24) is 9.97 Å². The number of anilines is 5. The van der Waals surface area contributed by atoms with Crippen LogP contribution in [0.1, 0.15) is 18.3 Å². The van der Waals surface area contributed by atoms with Gasteiger partial charge < -0.3 is 16.0 Å². The molecule has 3 N–H and O–H groups in total. The number of aromatic nitrogens is 2. The predicted octanol–water partition coefficient (Wildman–Crippen LogP) is 4.54. The van der Waals surface area contributed by atoms with Crippen LogP contribution in [0.3, 0.4) is 0 Å². The Balaban J connectivity index is 1.79. The van der Waals surface area contributed by atoms with Crippen LogP contribution in [0.5, 0.6) is 0 Å². The molecule has 0 saturated heterocycles. The first-order valence-electron chi connectivity index (χ1n) is 8.32. The summed E-state index contributed by atoms with van der Waals surface area (Å²) in [6, 6.07) is 17.4. The summed E-state index contributed by atoms with van der Waals surface area (Å²) in [5.74, 6) is 1.93. The molecule has 3 rings (SSSR count). The lowest BCUT2D eigenvalue weighted by molar-refractivity contribution is -0.114. The van der Waals surface area contributed by atoms with Crippen molar-refractivity contribution < 1.29 is 4.79 Å². The van der Waals surface area contributed by atoms with Gasteiger partial charge in [0.05, 0.1) is 0 Å². The summed E-state index contributed by atoms with van der Waals surface area (Å²) in [6.45, 7) is 5.38. The molecule has 6 nitrogen and oxygen atoms in total. The first kappa shape index (κ1) is 17.4. The minimum Gasteiger partial charge on any atom is -0.340 e. The van der Waals surface area contributed by atoms with Crippen molar-refractivity contribution in [1.29, 1.82) is 0 Å². The average molecular weight is 347 g/mol. The largest absolute Gasteiger partial charge is 0.340 e. The van der Waals surface area contributed by atoms with Crippen molar-refractivity contribution in [2.24, 2.45) is 0 Å². The molecule has 1 amide bonds. The SMILES string of the molecule is CC(=O)Nc1cccc(Nc2cc(Nc3ccc(C)cc3)nc(C)n2)c1. The topological polar surface area (TPSA) is 78.9 Å². The van der Waals surface area contributed by atoms with Gasteiger partial charge in [-0.2, -0.15) is 0 Å². The maximum absolute atomic E-state index is 11.2. The Morgan fingerprint density at radius 3 is 2.08 bits per heavy atom. The second-order valence-corrected chi connectivity index (χ2v) is 6.06. The summed E-state index contributed by atoms with van der Waals surface area (Å²) in [4.78, 5) is 20.1. The Bertz CT molecular complexity index is 922. The highest BCUT2D eigenvalue weighted by Gasteiger charge is 2.04. The smallest absolute Gasteiger partial charge is 0.221 e. The Hall–Kier alpha value is -3.41. The molecule has 132 valence electrons. The summed E-state index contributed by atoms with van der Waals surface area (Å²) < 4.78 is 0. The third-order valence-corrected chi connectivity index (χ3v) is 3.62. The van der Waals surface area contributed by atoms with Gasteiger partial charge in [0.1, 0.15) is 17.5 Å². The van der Waals surface area contributed by atoms with E-state index in [1.165, 1.54) is 12.5 Å². The third kappa shape index (κ3) is 4.80. The third-order valence-electron chi connectivity index (χ3n) is 3.62. The zero-order valence-electron chi connectivity index (χ0n) is 15.0. The molecule has 0 atom stereocenters. The molecule has 2 aromatic carbocycles. The fourth-order valence-corrected chi connectivity index (χ4v) is 2.51. The molecule has 0 bridgehead atoms. The zero-order chi connectivity index (χ0) is 18.5. The molecular weight excluding hydrogens is 326 g/mol. The van der Waals surface area contributed by atoms with Crippen LogP contribution in [-0.4, -0.2) is 15.9 Å². The molecule has 0 aliphatic rings. The Morgan fingerprint density at radius 1 is 0.808 bits per heavy atom. The molecule has 0 aliphatic heterocycles. The van der Waals surface area contributed by atoms with Gasteiger partial charge in [-0.1, -0.05) is 23.8 Å². The fraction of sp³-hybridized carbons (Fsp3) is 0.150. The maximum atomic E-state index is 11.2. The Kier molecular flexibility index (Phi) is 5.12. The average Bonchev–Trinajstić information content (AvgIpc) is 2.56. The molecule has 0 fully saturated rings. The minimum absolute atomic E-state index is 0.107. The lowest BCUT2D eigenvalue weighted by Gasteiger charge is -2.11. The first-order chi connectivity index (χ1) is 12.5. The number of nitrogens with one attached hydrogen (secondary N) is 3. The number of carbonyl (C=O) groups excluding carboxylic acids is 1. The van der Waals surface area contributed by atoms with Gasteiger partial charge in [-0.3, -0.25) is 4.79 Å². The van der Waals surface area contributed by atoms with Gasteiger partial charge in [-0.25, -0.2) is 9.97 Å². The summed E-state index contributed by atoms with van der Waals surface area (Å²) >= 11 is 0. The number of carbonyl (C=O) groups is 1. The molecule has 0 aliphatic carbocycles. The molecule has 0 saturated carbocycles. The molecule has 3 aromatic rings. The van der Waals surface area contributed by atoms with Crippen molar-refractivity contribution in [2.75, 3.05) is 16.0 Å². The van der Waals surface area contributed by atoms with Gasteiger partial charge >= 0.3 is 0 Å². The van der Waals surface area contributed by atoms with E-state index in [0.717, 1.165) is 17.1 Å². The standard InChI is InChI=1S/C20H21N5O/c1-13-7-9-16(10-8-13)24-19-12-20(22-14(2)21-19)25-18-6-4-5-17(11-18)23-15(3)26/h4-12H,1-3H3,(H,23,26)(H2,21,22,24,25). The second-order valence-electron chi connectivity index (χ2n) is 6.06. The highest BCUT2D eigenvalue weighted by molar-refractivity contribution is 5.89. The summed E-state index contributed by atoms with van der Waals surface area (Å²) in [5.41, 5.74) is 3.73. The lowest BCUT2D eigenvalue weighted by Crippen LogP contribution is -2.06. The van der Waals surface area contributed by atoms with Gasteiger partial charge in [0.15, 0.2) is 0 Å². The van der Waals surface area contributed by atoms with Gasteiger partial charge in [-0.05, 0) is 44.2 Å². The van der Waals surface area contributed by atoms with Crippen LogP contribution < -0.4 is 16.0 Å². The number of hydrogen-bond donors (Lipinski definition) is 3. The minimum atomic E-state index is -0.107. The molecular formula is C20H21N5O. The number of benzene rings is 2. The Morgan fingerprint density at radius 2 is 1.42 bits per heavy atom. The van der Waals surface area contributed by atoms with Gasteiger partial charge in [0.2, 0.25) is 5.91 Å². The highest BCUT2D eigenvalue weighted by atomic mass is 16.1. The van der Waals surface area contributed by atoms with E-state index in [2.05, 4.69) is 32.8 Å². The number of rotatable bonds is 5. The molecule has 1 aromatic heterocycles. The number of amides is 1. The molecule has 6 heteroatoms. The predicted molar refractivity (Wildman–Crippen MR) is 105 cm³/mol. The molecule has 0 unspecified atom stereocenters. The summed E-state index contributed by atoms with van der Waals surface area (Å²) in [7, 11) is 0. The monoisotopic (exact) mass is 347 g/mol. The highest BCUT2D eigenvalue weighted by Crippen LogP contribution is 2.22. The number of hydrogen-bond acceptors (Lipinski definition) is 5. The number of aryl methyl sites for hydroxylation is 2. The zero-order valence-corrected chi connectivity index (χ0v) is 15.0. The molecule has 26 heavy (non-hydrogen) atoms. The molecule has 1 heterocycles. The Labute approximate surface area is 152 Å². The van der Waals surface area contributed by atoms with Crippen LogP contribution >= 0.6 is 0 Å². The fourth-order valence-electron chi connectivity index (χ4n) is 2.51. The lowest BCUT2D eigenvalue weighted by atomic mass is 10.2. The number of nitrogens with zero attached hydrogens (tertiary/aromatic N) is 2. The summed E-state index contributed by atoms with van der Waals surface area (Å²) in [5, 5.41) is 9.31. The van der Waals surface area contributed by atoms with E-state index in [4.69, 9.17) is 0 Å². The van der Waals surface area contributed by atoms with Crippen LogP contribution in [0.4, 0.5) is 28.7 Å². The van der Waals surface area contributed by atoms with Crippen LogP contribution in [0.2, 0.25) is 0 Å². The normalized spacial score (nSPS) is 10.3. The van der Waals surface area contributed by atoms with Crippen LogP contribution in [0, 0.1) is 13.8 Å². The van der Waals surface area contributed by atoms with Crippen molar-refractivity contribution in [3.05, 3.63) is 66.0 Å².